The van der Waals surface area contributed by atoms with Crippen molar-refractivity contribution >= 4 is 11.9 Å². The van der Waals surface area contributed by atoms with Crippen molar-refractivity contribution in [2.24, 2.45) is 4.99 Å². The number of hydrogen-bond acceptors (Lipinski definition) is 2. The number of aliphatic imine (C=N–C) groups is 1. The maximum absolute atomic E-state index is 4.25. The van der Waals surface area contributed by atoms with E-state index in [9.17, 15) is 0 Å². The minimum atomic E-state index is 0.660. The van der Waals surface area contributed by atoms with Crippen molar-refractivity contribution in [1.29, 1.82) is 0 Å². The molecular formula is C11H12N2. The van der Waals surface area contributed by atoms with Gasteiger partial charge < -0.3 is 5.32 Å². The summed E-state index contributed by atoms with van der Waals surface area (Å²) >= 11 is 0. The van der Waals surface area contributed by atoms with Crippen LogP contribution in [0.25, 0.3) is 0 Å². The van der Waals surface area contributed by atoms with Gasteiger partial charge in [-0.15, -0.1) is 0 Å². The largest absolute Gasteiger partial charge is 0.357 e. The lowest BCUT2D eigenvalue weighted by molar-refractivity contribution is 1.17. The smallest absolute Gasteiger partial charge is 0.0783 e. The molecule has 0 bridgehead atoms. The van der Waals surface area contributed by atoms with Crippen LogP contribution in [-0.4, -0.2) is 12.8 Å². The molecule has 1 aromatic carbocycles. The first-order valence-electron chi connectivity index (χ1n) is 4.31. The molecule has 2 rings (SSSR count). The lowest BCUT2D eigenvalue weighted by Gasteiger charge is -2.07. The summed E-state index contributed by atoms with van der Waals surface area (Å²) in [6, 6.07) is 6.26. The van der Waals surface area contributed by atoms with E-state index in [1.54, 1.807) is 0 Å². The predicted molar refractivity (Wildman–Crippen MR) is 56.4 cm³/mol. The van der Waals surface area contributed by atoms with Gasteiger partial charge in [-0.25, -0.2) is 0 Å². The third-order valence-electron chi connectivity index (χ3n) is 2.03. The Hall–Kier alpha value is -1.57. The van der Waals surface area contributed by atoms with Gasteiger partial charge in [-0.3, -0.25) is 4.99 Å². The Morgan fingerprint density at radius 3 is 3.15 bits per heavy atom. The van der Waals surface area contributed by atoms with E-state index in [1.165, 1.54) is 5.56 Å². The molecule has 2 heteroatoms. The van der Waals surface area contributed by atoms with Gasteiger partial charge in [0.2, 0.25) is 0 Å². The molecular weight excluding hydrogens is 160 g/mol. The molecule has 0 saturated heterocycles. The Kier molecular flexibility index (Phi) is 1.89. The lowest BCUT2D eigenvalue weighted by atomic mass is 10.1. The highest BCUT2D eigenvalue weighted by Gasteiger charge is 2.04. The number of hydrogen-bond donors (Lipinski definition) is 1. The van der Waals surface area contributed by atoms with Crippen molar-refractivity contribution in [2.75, 3.05) is 11.9 Å². The normalized spacial score (nSPS) is 14.7. The van der Waals surface area contributed by atoms with Crippen LogP contribution in [0.3, 0.4) is 0 Å². The van der Waals surface area contributed by atoms with E-state index in [4.69, 9.17) is 0 Å². The van der Waals surface area contributed by atoms with Crippen LogP contribution in [-0.2, 0) is 0 Å². The Labute approximate surface area is 78.0 Å². The molecule has 0 radical (unpaired) electrons. The van der Waals surface area contributed by atoms with Crippen LogP contribution in [0.2, 0.25) is 0 Å². The van der Waals surface area contributed by atoms with E-state index in [0.717, 1.165) is 16.9 Å². The first-order chi connectivity index (χ1) is 6.25. The molecule has 1 aromatic rings. The molecule has 0 aliphatic carbocycles. The molecule has 0 saturated carbocycles. The molecule has 13 heavy (non-hydrogen) atoms. The van der Waals surface area contributed by atoms with Crippen LogP contribution in [0.15, 0.2) is 35.5 Å². The molecule has 1 N–H and O–H groups in total. The van der Waals surface area contributed by atoms with Crippen LogP contribution in [0.5, 0.6) is 0 Å². The third-order valence-corrected chi connectivity index (χ3v) is 2.03. The SMILES string of the molecule is C=C1CN=Cc2cc(C)ccc2N1. The fourth-order valence-corrected chi connectivity index (χ4v) is 1.39. The van der Waals surface area contributed by atoms with Gasteiger partial charge >= 0.3 is 0 Å². The van der Waals surface area contributed by atoms with Gasteiger partial charge in [0, 0.05) is 23.2 Å². The van der Waals surface area contributed by atoms with Crippen molar-refractivity contribution in [2.45, 2.75) is 6.92 Å². The van der Waals surface area contributed by atoms with Crippen molar-refractivity contribution in [1.82, 2.24) is 0 Å². The van der Waals surface area contributed by atoms with Crippen molar-refractivity contribution in [3.63, 3.8) is 0 Å². The molecule has 1 heterocycles. The quantitative estimate of drug-likeness (QED) is 0.638. The average Bonchev–Trinajstić information content (AvgIpc) is 2.25. The highest BCUT2D eigenvalue weighted by Crippen LogP contribution is 2.19. The van der Waals surface area contributed by atoms with Crippen molar-refractivity contribution in [3.8, 4) is 0 Å². The van der Waals surface area contributed by atoms with Crippen LogP contribution in [0.1, 0.15) is 11.1 Å². The minimum absolute atomic E-state index is 0.660. The van der Waals surface area contributed by atoms with E-state index in [-0.39, 0.29) is 0 Å². The van der Waals surface area contributed by atoms with Gasteiger partial charge in [-0.1, -0.05) is 18.2 Å². The molecule has 0 aromatic heterocycles. The summed E-state index contributed by atoms with van der Waals surface area (Å²) in [6.45, 7) is 6.61. The summed E-state index contributed by atoms with van der Waals surface area (Å²) in [4.78, 5) is 4.25. The lowest BCUT2D eigenvalue weighted by Crippen LogP contribution is -1.99. The summed E-state index contributed by atoms with van der Waals surface area (Å²) in [5.74, 6) is 0. The number of fused-ring (bicyclic) bond motifs is 1. The standard InChI is InChI=1S/C11H12N2/c1-8-3-4-11-10(5-8)7-12-6-9(2)13-11/h3-5,7,13H,2,6H2,1H3. The Morgan fingerprint density at radius 1 is 1.46 bits per heavy atom. The molecule has 0 atom stereocenters. The summed E-state index contributed by atoms with van der Waals surface area (Å²) in [5, 5.41) is 3.23. The first-order valence-corrected chi connectivity index (χ1v) is 4.31. The number of benzene rings is 1. The Balaban J connectivity index is 2.49. The molecule has 1 aliphatic rings. The van der Waals surface area contributed by atoms with Gasteiger partial charge in [-0.05, 0) is 19.1 Å². The first kappa shape index (κ1) is 8.05. The van der Waals surface area contributed by atoms with Crippen LogP contribution in [0.4, 0.5) is 5.69 Å². The van der Waals surface area contributed by atoms with Crippen LogP contribution in [0, 0.1) is 6.92 Å². The van der Waals surface area contributed by atoms with Gasteiger partial charge in [0.15, 0.2) is 0 Å². The molecule has 0 amide bonds. The third kappa shape index (κ3) is 1.61. The molecule has 0 unspecified atom stereocenters. The second-order valence-electron chi connectivity index (χ2n) is 3.29. The summed E-state index contributed by atoms with van der Waals surface area (Å²) in [6.07, 6.45) is 1.90. The number of benzodiazepines with no additional fused rings is 1. The summed E-state index contributed by atoms with van der Waals surface area (Å²) < 4.78 is 0. The summed E-state index contributed by atoms with van der Waals surface area (Å²) in [7, 11) is 0. The molecule has 0 fully saturated rings. The second kappa shape index (κ2) is 3.05. The molecule has 66 valence electrons. The van der Waals surface area contributed by atoms with Crippen LogP contribution >= 0.6 is 0 Å². The zero-order valence-corrected chi connectivity index (χ0v) is 7.67. The summed E-state index contributed by atoms with van der Waals surface area (Å²) in [5.41, 5.74) is 4.42. The van der Waals surface area contributed by atoms with Crippen molar-refractivity contribution < 1.29 is 0 Å². The van der Waals surface area contributed by atoms with Gasteiger partial charge in [0.25, 0.3) is 0 Å². The topological polar surface area (TPSA) is 24.4 Å². The zero-order valence-electron chi connectivity index (χ0n) is 7.67. The fraction of sp³-hybridized carbons (Fsp3) is 0.182. The Bertz CT molecular complexity index is 378. The number of nitrogens with zero attached hydrogens (tertiary/aromatic N) is 1. The second-order valence-corrected chi connectivity index (χ2v) is 3.29. The van der Waals surface area contributed by atoms with Crippen LogP contribution < -0.4 is 5.32 Å². The van der Waals surface area contributed by atoms with Crippen molar-refractivity contribution in [3.05, 3.63) is 41.6 Å². The van der Waals surface area contributed by atoms with E-state index in [1.807, 2.05) is 6.21 Å². The Morgan fingerprint density at radius 2 is 2.31 bits per heavy atom. The average molecular weight is 172 g/mol. The number of nitrogens with one attached hydrogen (secondary N) is 1. The highest BCUT2D eigenvalue weighted by atomic mass is 14.9. The van der Waals surface area contributed by atoms with E-state index in [2.05, 4.69) is 42.0 Å². The number of anilines is 1. The van der Waals surface area contributed by atoms with Gasteiger partial charge in [0.1, 0.15) is 0 Å². The van der Waals surface area contributed by atoms with E-state index < -0.39 is 0 Å². The van der Waals surface area contributed by atoms with E-state index in [0.29, 0.717) is 6.54 Å². The number of rotatable bonds is 0. The number of aryl methyl sites for hydroxylation is 1. The molecule has 1 aliphatic heterocycles. The minimum Gasteiger partial charge on any atom is -0.357 e. The van der Waals surface area contributed by atoms with E-state index >= 15 is 0 Å². The molecule has 2 nitrogen and oxygen atoms in total. The predicted octanol–water partition coefficient (Wildman–Crippen LogP) is 2.35. The highest BCUT2D eigenvalue weighted by molar-refractivity contribution is 5.89. The van der Waals surface area contributed by atoms with Gasteiger partial charge in [0.05, 0.1) is 6.54 Å². The maximum Gasteiger partial charge on any atom is 0.0783 e. The maximum atomic E-state index is 4.25. The monoisotopic (exact) mass is 172 g/mol. The van der Waals surface area contributed by atoms with Gasteiger partial charge in [-0.2, -0.15) is 0 Å². The zero-order chi connectivity index (χ0) is 9.26. The fourth-order valence-electron chi connectivity index (χ4n) is 1.39. The molecule has 0 spiro atoms.